The van der Waals surface area contributed by atoms with Crippen LogP contribution in [0.5, 0.6) is 0 Å². The van der Waals surface area contributed by atoms with Gasteiger partial charge in [-0.15, -0.1) is 0 Å². The molecular weight excluding hydrogens is 264 g/mol. The van der Waals surface area contributed by atoms with Crippen molar-refractivity contribution in [2.24, 2.45) is 0 Å². The third kappa shape index (κ3) is 2.24. The largest absolute Gasteiger partial charge is 0.379 e. The van der Waals surface area contributed by atoms with Crippen molar-refractivity contribution < 1.29 is 4.74 Å². The lowest BCUT2D eigenvalue weighted by atomic mass is 9.87. The van der Waals surface area contributed by atoms with Gasteiger partial charge in [0, 0.05) is 13.1 Å². The summed E-state index contributed by atoms with van der Waals surface area (Å²) < 4.78 is 5.54. The second kappa shape index (κ2) is 5.39. The standard InChI is InChI=1S/C16H22N4O/c1-4-8-16(9-5-1,19-10-12-21-13-11-19)20-17-14-6-2-3-7-15(14)18-20/h2-3,6-7H,1,4-5,8-13H2. The fourth-order valence-corrected chi connectivity index (χ4v) is 3.79. The number of hydrogen-bond acceptors (Lipinski definition) is 4. The van der Waals surface area contributed by atoms with Crippen LogP contribution in [-0.4, -0.2) is 46.2 Å². The van der Waals surface area contributed by atoms with Gasteiger partial charge in [0.2, 0.25) is 0 Å². The van der Waals surface area contributed by atoms with Crippen LogP contribution in [0.1, 0.15) is 32.1 Å². The van der Waals surface area contributed by atoms with Gasteiger partial charge in [0.1, 0.15) is 16.7 Å². The van der Waals surface area contributed by atoms with E-state index in [2.05, 4.69) is 17.0 Å². The van der Waals surface area contributed by atoms with Crippen LogP contribution in [0.25, 0.3) is 11.0 Å². The number of nitrogens with zero attached hydrogens (tertiary/aromatic N) is 4. The summed E-state index contributed by atoms with van der Waals surface area (Å²) in [7, 11) is 0. The number of rotatable bonds is 2. The Balaban J connectivity index is 1.77. The number of fused-ring (bicyclic) bond motifs is 1. The summed E-state index contributed by atoms with van der Waals surface area (Å²) in [6.45, 7) is 3.61. The summed E-state index contributed by atoms with van der Waals surface area (Å²) in [5.74, 6) is 0. The van der Waals surface area contributed by atoms with E-state index < -0.39 is 0 Å². The molecule has 2 fully saturated rings. The molecule has 1 saturated heterocycles. The molecule has 0 amide bonds. The summed E-state index contributed by atoms with van der Waals surface area (Å²) in [5, 5.41) is 9.61. The minimum absolute atomic E-state index is 0.0406. The van der Waals surface area contributed by atoms with Gasteiger partial charge in [-0.2, -0.15) is 15.0 Å². The highest BCUT2D eigenvalue weighted by atomic mass is 16.5. The zero-order valence-corrected chi connectivity index (χ0v) is 12.4. The van der Waals surface area contributed by atoms with E-state index in [4.69, 9.17) is 14.9 Å². The van der Waals surface area contributed by atoms with Gasteiger partial charge in [0.05, 0.1) is 13.2 Å². The van der Waals surface area contributed by atoms with Crippen LogP contribution in [0.15, 0.2) is 24.3 Å². The fourth-order valence-electron chi connectivity index (χ4n) is 3.79. The van der Waals surface area contributed by atoms with Gasteiger partial charge in [-0.3, -0.25) is 4.90 Å². The van der Waals surface area contributed by atoms with Crippen LogP contribution in [0.2, 0.25) is 0 Å². The van der Waals surface area contributed by atoms with E-state index >= 15 is 0 Å². The molecule has 0 atom stereocenters. The van der Waals surface area contributed by atoms with Gasteiger partial charge in [-0.1, -0.05) is 18.6 Å². The minimum Gasteiger partial charge on any atom is -0.379 e. The first-order valence-corrected chi connectivity index (χ1v) is 8.04. The Morgan fingerprint density at radius 1 is 0.905 bits per heavy atom. The van der Waals surface area contributed by atoms with Crippen LogP contribution in [0.4, 0.5) is 0 Å². The molecule has 5 nitrogen and oxygen atoms in total. The maximum Gasteiger partial charge on any atom is 0.135 e. The Morgan fingerprint density at radius 3 is 2.14 bits per heavy atom. The topological polar surface area (TPSA) is 43.2 Å². The maximum absolute atomic E-state index is 5.54. The van der Waals surface area contributed by atoms with Crippen LogP contribution in [0.3, 0.4) is 0 Å². The van der Waals surface area contributed by atoms with Gasteiger partial charge >= 0.3 is 0 Å². The van der Waals surface area contributed by atoms with E-state index in [1.807, 2.05) is 16.9 Å². The first kappa shape index (κ1) is 13.2. The van der Waals surface area contributed by atoms with Crippen molar-refractivity contribution in [1.82, 2.24) is 19.9 Å². The maximum atomic E-state index is 5.54. The average Bonchev–Trinajstić information content (AvgIpc) is 3.01. The predicted molar refractivity (Wildman–Crippen MR) is 81.0 cm³/mol. The van der Waals surface area contributed by atoms with Crippen molar-refractivity contribution in [2.45, 2.75) is 37.8 Å². The normalized spacial score (nSPS) is 23.4. The quantitative estimate of drug-likeness (QED) is 0.850. The van der Waals surface area contributed by atoms with Crippen molar-refractivity contribution >= 4 is 11.0 Å². The Labute approximate surface area is 124 Å². The molecule has 2 aliphatic rings. The number of aromatic nitrogens is 3. The molecule has 1 aliphatic carbocycles. The van der Waals surface area contributed by atoms with E-state index in [1.54, 1.807) is 0 Å². The van der Waals surface area contributed by atoms with Crippen molar-refractivity contribution in [3.63, 3.8) is 0 Å². The molecule has 0 unspecified atom stereocenters. The summed E-state index contributed by atoms with van der Waals surface area (Å²) in [6.07, 6.45) is 6.14. The number of morpholine rings is 1. The highest BCUT2D eigenvalue weighted by Crippen LogP contribution is 2.38. The van der Waals surface area contributed by atoms with E-state index in [-0.39, 0.29) is 5.66 Å². The van der Waals surface area contributed by atoms with Crippen LogP contribution < -0.4 is 0 Å². The molecule has 0 N–H and O–H groups in total. The van der Waals surface area contributed by atoms with Crippen molar-refractivity contribution in [2.75, 3.05) is 26.3 Å². The van der Waals surface area contributed by atoms with Crippen molar-refractivity contribution in [3.05, 3.63) is 24.3 Å². The molecule has 2 aromatic rings. The molecule has 0 bridgehead atoms. The van der Waals surface area contributed by atoms with Crippen LogP contribution in [-0.2, 0) is 10.4 Å². The van der Waals surface area contributed by atoms with Crippen molar-refractivity contribution in [1.29, 1.82) is 0 Å². The summed E-state index contributed by atoms with van der Waals surface area (Å²) >= 11 is 0. The molecule has 112 valence electrons. The third-order valence-electron chi connectivity index (χ3n) is 4.91. The molecule has 0 radical (unpaired) electrons. The van der Waals surface area contributed by atoms with Gasteiger partial charge in [-0.05, 0) is 37.8 Å². The molecular formula is C16H22N4O. The smallest absolute Gasteiger partial charge is 0.135 e. The molecule has 1 saturated carbocycles. The molecule has 5 heteroatoms. The summed E-state index contributed by atoms with van der Waals surface area (Å²) in [5.41, 5.74) is 1.95. The van der Waals surface area contributed by atoms with Gasteiger partial charge in [0.25, 0.3) is 0 Å². The highest BCUT2D eigenvalue weighted by Gasteiger charge is 2.42. The molecule has 4 rings (SSSR count). The number of hydrogen-bond donors (Lipinski definition) is 0. The zero-order chi connectivity index (χ0) is 14.1. The lowest BCUT2D eigenvalue weighted by molar-refractivity contribution is -0.0899. The Hall–Kier alpha value is -1.46. The fraction of sp³-hybridized carbons (Fsp3) is 0.625. The second-order valence-electron chi connectivity index (χ2n) is 6.12. The molecule has 1 aromatic heterocycles. The Kier molecular flexibility index (Phi) is 3.39. The monoisotopic (exact) mass is 286 g/mol. The zero-order valence-electron chi connectivity index (χ0n) is 12.4. The van der Waals surface area contributed by atoms with Crippen LogP contribution >= 0.6 is 0 Å². The minimum atomic E-state index is -0.0406. The van der Waals surface area contributed by atoms with E-state index in [0.29, 0.717) is 0 Å². The van der Waals surface area contributed by atoms with E-state index in [0.717, 1.165) is 50.2 Å². The first-order chi connectivity index (χ1) is 10.4. The molecule has 1 aliphatic heterocycles. The highest BCUT2D eigenvalue weighted by molar-refractivity contribution is 5.73. The average molecular weight is 286 g/mol. The third-order valence-corrected chi connectivity index (χ3v) is 4.91. The molecule has 2 heterocycles. The second-order valence-corrected chi connectivity index (χ2v) is 6.12. The van der Waals surface area contributed by atoms with Gasteiger partial charge in [-0.25, -0.2) is 0 Å². The Bertz CT molecular complexity index is 579. The van der Waals surface area contributed by atoms with E-state index in [1.165, 1.54) is 19.3 Å². The summed E-state index contributed by atoms with van der Waals surface area (Å²) in [4.78, 5) is 4.57. The number of benzene rings is 1. The van der Waals surface area contributed by atoms with Gasteiger partial charge in [0.15, 0.2) is 0 Å². The molecule has 0 spiro atoms. The summed E-state index contributed by atoms with van der Waals surface area (Å²) in [6, 6.07) is 8.16. The number of ether oxygens (including phenoxy) is 1. The van der Waals surface area contributed by atoms with Crippen molar-refractivity contribution in [3.8, 4) is 0 Å². The predicted octanol–water partition coefficient (Wildman–Crippen LogP) is 2.38. The lowest BCUT2D eigenvalue weighted by Crippen LogP contribution is -2.56. The first-order valence-electron chi connectivity index (χ1n) is 8.04. The Morgan fingerprint density at radius 2 is 1.52 bits per heavy atom. The van der Waals surface area contributed by atoms with E-state index in [9.17, 15) is 0 Å². The van der Waals surface area contributed by atoms with Crippen LogP contribution in [0, 0.1) is 0 Å². The molecule has 21 heavy (non-hydrogen) atoms. The SMILES string of the molecule is c1ccc2nn(C3(N4CCOCC4)CCCCC3)nc2c1. The lowest BCUT2D eigenvalue weighted by Gasteiger charge is -2.46. The molecule has 1 aromatic carbocycles. The van der Waals surface area contributed by atoms with Gasteiger partial charge < -0.3 is 4.74 Å².